The van der Waals surface area contributed by atoms with Crippen molar-refractivity contribution in [1.82, 2.24) is 4.90 Å². The van der Waals surface area contributed by atoms with Crippen LogP contribution < -0.4 is 0 Å². The third kappa shape index (κ3) is 2.51. The van der Waals surface area contributed by atoms with Crippen molar-refractivity contribution < 1.29 is 26.8 Å². The van der Waals surface area contributed by atoms with E-state index in [0.29, 0.717) is 0 Å². The number of fused-ring (bicyclic) bond motifs is 1. The highest BCUT2D eigenvalue weighted by atomic mass is 35.5. The molecule has 20 heavy (non-hydrogen) atoms. The average Bonchev–Trinajstić information content (AvgIpc) is 2.37. The third-order valence-corrected chi connectivity index (χ3v) is 5.15. The van der Waals surface area contributed by atoms with Crippen LogP contribution in [0, 0.1) is 0 Å². The van der Waals surface area contributed by atoms with Crippen LogP contribution in [0.25, 0.3) is 0 Å². The van der Waals surface area contributed by atoms with Crippen molar-refractivity contribution >= 4 is 53.4 Å². The van der Waals surface area contributed by atoms with E-state index in [1.165, 1.54) is 11.8 Å². The highest BCUT2D eigenvalue weighted by molar-refractivity contribution is 8.01. The lowest BCUT2D eigenvalue weighted by Gasteiger charge is -2.48. The fourth-order valence-electron chi connectivity index (χ4n) is 1.90. The Bertz CT molecular complexity index is 606. The Morgan fingerprint density at radius 3 is 2.60 bits per heavy atom. The zero-order valence-electron chi connectivity index (χ0n) is 10.4. The molecule has 3 atom stereocenters. The molecule has 1 saturated heterocycles. The van der Waals surface area contributed by atoms with E-state index in [1.807, 2.05) is 0 Å². The van der Waals surface area contributed by atoms with Crippen molar-refractivity contribution in [2.75, 3.05) is 6.26 Å². The number of β-lactam (4-membered cyclic amide) rings is 1. The van der Waals surface area contributed by atoms with E-state index in [4.69, 9.17) is 23.8 Å². The summed E-state index contributed by atoms with van der Waals surface area (Å²) in [4.78, 5) is 24.5. The number of hydrogen-bond donors (Lipinski definition) is 0. The zero-order chi connectivity index (χ0) is 15.2. The SMILES string of the molecule is [B]OC(=O)C1=C(OS(C)(=O)=O)[C@H](C)S[C@@H]2C(Cl)C(=O)N12. The molecule has 0 aromatic carbocycles. The second kappa shape index (κ2) is 5.16. The lowest BCUT2D eigenvalue weighted by molar-refractivity contribution is -0.144. The van der Waals surface area contributed by atoms with Crippen molar-refractivity contribution in [3.63, 3.8) is 0 Å². The maximum absolute atomic E-state index is 11.7. The summed E-state index contributed by atoms with van der Waals surface area (Å²) in [6, 6.07) is 0. The topological polar surface area (TPSA) is 90.0 Å². The highest BCUT2D eigenvalue weighted by Crippen LogP contribution is 2.46. The van der Waals surface area contributed by atoms with Crippen LogP contribution in [0.2, 0.25) is 0 Å². The molecular weight excluding hydrogens is 328 g/mol. The molecule has 0 aliphatic carbocycles. The van der Waals surface area contributed by atoms with Gasteiger partial charge in [-0.2, -0.15) is 8.42 Å². The van der Waals surface area contributed by atoms with Gasteiger partial charge in [0, 0.05) is 0 Å². The molecule has 1 amide bonds. The quantitative estimate of drug-likeness (QED) is 0.302. The number of alkyl halides is 1. The predicted octanol–water partition coefficient (Wildman–Crippen LogP) is -0.288. The van der Waals surface area contributed by atoms with Gasteiger partial charge in [0.1, 0.15) is 10.8 Å². The van der Waals surface area contributed by atoms with E-state index in [-0.39, 0.29) is 11.5 Å². The standard InChI is InChI=1S/C9H9BClNO6S2/c1-3-6(18-20(2,15)16)5(9(14)17-10)12-7(13)4(11)8(12)19-3/h3-4,8H,1-2H3/t3-,4?,8+/m0/s1. The summed E-state index contributed by atoms with van der Waals surface area (Å²) in [5.74, 6) is -1.79. The number of carbonyl (C=O) groups excluding carboxylic acids is 2. The Morgan fingerprint density at radius 2 is 2.10 bits per heavy atom. The van der Waals surface area contributed by atoms with E-state index in [2.05, 4.69) is 4.65 Å². The normalized spacial score (nSPS) is 29.6. The molecule has 0 bridgehead atoms. The lowest BCUT2D eigenvalue weighted by Crippen LogP contribution is -2.63. The first-order chi connectivity index (χ1) is 9.17. The highest BCUT2D eigenvalue weighted by Gasteiger charge is 2.55. The van der Waals surface area contributed by atoms with E-state index in [9.17, 15) is 18.0 Å². The maximum atomic E-state index is 11.7. The number of nitrogens with zero attached hydrogens (tertiary/aromatic N) is 1. The summed E-state index contributed by atoms with van der Waals surface area (Å²) in [5.41, 5.74) is -0.323. The molecule has 0 aromatic heterocycles. The molecule has 0 aromatic rings. The Kier molecular flexibility index (Phi) is 4.00. The second-order valence-electron chi connectivity index (χ2n) is 4.18. The summed E-state index contributed by atoms with van der Waals surface area (Å²) < 4.78 is 31.5. The minimum Gasteiger partial charge on any atom is -0.539 e. The van der Waals surface area contributed by atoms with Crippen LogP contribution in [-0.4, -0.2) is 55.5 Å². The molecule has 2 rings (SSSR count). The third-order valence-electron chi connectivity index (χ3n) is 2.71. The van der Waals surface area contributed by atoms with Crippen LogP contribution in [0.15, 0.2) is 11.5 Å². The van der Waals surface area contributed by atoms with Gasteiger partial charge in [0.15, 0.2) is 11.5 Å². The number of thioether (sulfide) groups is 1. The van der Waals surface area contributed by atoms with E-state index >= 15 is 0 Å². The van der Waals surface area contributed by atoms with Gasteiger partial charge in [-0.05, 0) is 6.92 Å². The van der Waals surface area contributed by atoms with Crippen LogP contribution in [0.4, 0.5) is 0 Å². The fraction of sp³-hybridized carbons (Fsp3) is 0.556. The van der Waals surface area contributed by atoms with Crippen molar-refractivity contribution in [2.45, 2.75) is 22.9 Å². The molecule has 7 nitrogen and oxygen atoms in total. The van der Waals surface area contributed by atoms with Crippen molar-refractivity contribution in [2.24, 2.45) is 0 Å². The lowest BCUT2D eigenvalue weighted by atomic mass is 10.1. The van der Waals surface area contributed by atoms with Gasteiger partial charge < -0.3 is 8.84 Å². The van der Waals surface area contributed by atoms with Gasteiger partial charge in [0.25, 0.3) is 0 Å². The molecular formula is C9H9BClNO6S2. The van der Waals surface area contributed by atoms with Crippen LogP contribution in [0.3, 0.4) is 0 Å². The van der Waals surface area contributed by atoms with Gasteiger partial charge in [-0.25, -0.2) is 4.79 Å². The first-order valence-corrected chi connectivity index (χ1v) is 8.54. The number of rotatable bonds is 3. The molecule has 1 fully saturated rings. The molecule has 108 valence electrons. The molecule has 0 N–H and O–H groups in total. The number of amides is 1. The summed E-state index contributed by atoms with van der Waals surface area (Å²) >= 11 is 7.06. The molecule has 2 radical (unpaired) electrons. The molecule has 11 heteroatoms. The molecule has 2 aliphatic heterocycles. The first kappa shape index (κ1) is 15.5. The van der Waals surface area contributed by atoms with Gasteiger partial charge in [0.05, 0.1) is 11.5 Å². The summed E-state index contributed by atoms with van der Waals surface area (Å²) in [6.45, 7) is 1.62. The summed E-state index contributed by atoms with van der Waals surface area (Å²) in [6.07, 6.45) is 0.831. The summed E-state index contributed by atoms with van der Waals surface area (Å²) in [7, 11) is 0.950. The number of halogens is 1. The van der Waals surface area contributed by atoms with E-state index in [1.54, 1.807) is 6.92 Å². The monoisotopic (exact) mass is 337 g/mol. The van der Waals surface area contributed by atoms with Crippen LogP contribution in [-0.2, 0) is 28.5 Å². The van der Waals surface area contributed by atoms with Gasteiger partial charge in [0.2, 0.25) is 5.91 Å². The zero-order valence-corrected chi connectivity index (χ0v) is 12.8. The predicted molar refractivity (Wildman–Crippen MR) is 72.1 cm³/mol. The Hall–Kier alpha value is -0.865. The second-order valence-corrected chi connectivity index (χ2v) is 7.69. The van der Waals surface area contributed by atoms with Gasteiger partial charge >= 0.3 is 24.1 Å². The number of carbonyl (C=O) groups is 2. The van der Waals surface area contributed by atoms with Gasteiger partial charge in [-0.15, -0.1) is 23.4 Å². The van der Waals surface area contributed by atoms with Gasteiger partial charge in [-0.1, -0.05) is 0 Å². The van der Waals surface area contributed by atoms with Crippen LogP contribution in [0.5, 0.6) is 0 Å². The smallest absolute Gasteiger partial charge is 0.378 e. The van der Waals surface area contributed by atoms with Crippen LogP contribution >= 0.6 is 23.4 Å². The van der Waals surface area contributed by atoms with Crippen molar-refractivity contribution in [1.29, 1.82) is 0 Å². The molecule has 2 aliphatic rings. The number of hydrogen-bond acceptors (Lipinski definition) is 7. The fourth-order valence-corrected chi connectivity index (χ4v) is 4.20. The Morgan fingerprint density at radius 1 is 1.50 bits per heavy atom. The largest absolute Gasteiger partial charge is 0.539 e. The first-order valence-electron chi connectivity index (χ1n) is 5.34. The average molecular weight is 338 g/mol. The summed E-state index contributed by atoms with van der Waals surface area (Å²) in [5, 5.41) is -1.78. The maximum Gasteiger partial charge on any atom is 0.378 e. The van der Waals surface area contributed by atoms with Crippen molar-refractivity contribution in [3.8, 4) is 0 Å². The molecule has 1 unspecified atom stereocenters. The van der Waals surface area contributed by atoms with E-state index in [0.717, 1.165) is 11.2 Å². The minimum atomic E-state index is -3.87. The van der Waals surface area contributed by atoms with Crippen molar-refractivity contribution in [3.05, 3.63) is 11.5 Å². The Labute approximate surface area is 126 Å². The molecule has 0 spiro atoms. The van der Waals surface area contributed by atoms with E-state index < -0.39 is 38.0 Å². The van der Waals surface area contributed by atoms with Gasteiger partial charge in [-0.3, -0.25) is 9.69 Å². The molecule has 0 saturated carbocycles. The minimum absolute atomic E-state index is 0.193. The molecule has 2 heterocycles. The Balaban J connectivity index is 2.51. The van der Waals surface area contributed by atoms with Crippen LogP contribution in [0.1, 0.15) is 6.92 Å².